The molecule has 0 bridgehead atoms. The number of carbonyl (C=O) groups is 1. The Balaban J connectivity index is 1.67. The van der Waals surface area contributed by atoms with E-state index in [4.69, 9.17) is 16.3 Å². The van der Waals surface area contributed by atoms with Crippen molar-refractivity contribution in [2.45, 2.75) is 20.6 Å². The number of benzene rings is 2. The minimum Gasteiger partial charge on any atom is -0.471 e. The first-order valence-electron chi connectivity index (χ1n) is 8.31. The molecule has 0 radical (unpaired) electrons. The number of non-ortho nitro benzene ring substituents is 1. The van der Waals surface area contributed by atoms with Crippen LogP contribution >= 0.6 is 11.6 Å². The third-order valence-corrected chi connectivity index (χ3v) is 4.17. The summed E-state index contributed by atoms with van der Waals surface area (Å²) in [4.78, 5) is 22.7. The standard InChI is InChI=1S/C19H17ClN4O4/c1-12-7-13(2)9-15(8-12)28-11-23-6-5-17(22-23)19(25)21-18-10-14(24(26)27)3-4-16(18)20/h3-10H,11H2,1-2H3,(H,21,25). The van der Waals surface area contributed by atoms with E-state index in [1.165, 1.54) is 28.9 Å². The van der Waals surface area contributed by atoms with Crippen molar-refractivity contribution in [1.82, 2.24) is 9.78 Å². The topological polar surface area (TPSA) is 99.3 Å². The van der Waals surface area contributed by atoms with Crippen molar-refractivity contribution in [1.29, 1.82) is 0 Å². The van der Waals surface area contributed by atoms with Gasteiger partial charge in [0.15, 0.2) is 12.4 Å². The zero-order valence-corrected chi connectivity index (χ0v) is 15.9. The molecule has 3 rings (SSSR count). The summed E-state index contributed by atoms with van der Waals surface area (Å²) in [5.74, 6) is 0.176. The van der Waals surface area contributed by atoms with E-state index in [1.807, 2.05) is 32.0 Å². The monoisotopic (exact) mass is 400 g/mol. The van der Waals surface area contributed by atoms with Gasteiger partial charge in [-0.3, -0.25) is 14.9 Å². The van der Waals surface area contributed by atoms with E-state index < -0.39 is 10.8 Å². The lowest BCUT2D eigenvalue weighted by atomic mass is 10.1. The maximum Gasteiger partial charge on any atom is 0.276 e. The molecule has 0 saturated carbocycles. The summed E-state index contributed by atoms with van der Waals surface area (Å²) in [5, 5.41) is 17.8. The number of ether oxygens (including phenoxy) is 1. The maximum absolute atomic E-state index is 12.4. The molecule has 0 saturated heterocycles. The van der Waals surface area contributed by atoms with E-state index >= 15 is 0 Å². The molecule has 1 amide bonds. The number of hydrogen-bond acceptors (Lipinski definition) is 5. The van der Waals surface area contributed by atoms with Gasteiger partial charge in [0, 0.05) is 18.3 Å². The molecule has 1 aromatic heterocycles. The third kappa shape index (κ3) is 4.66. The predicted molar refractivity (Wildman–Crippen MR) is 105 cm³/mol. The lowest BCUT2D eigenvalue weighted by Gasteiger charge is -2.08. The van der Waals surface area contributed by atoms with E-state index in [0.717, 1.165) is 11.1 Å². The van der Waals surface area contributed by atoms with Gasteiger partial charge in [0.1, 0.15) is 5.75 Å². The van der Waals surface area contributed by atoms with E-state index in [-0.39, 0.29) is 28.8 Å². The minimum atomic E-state index is -0.564. The van der Waals surface area contributed by atoms with Crippen LogP contribution in [0.25, 0.3) is 0 Å². The summed E-state index contributed by atoms with van der Waals surface area (Å²) in [6, 6.07) is 11.2. The Morgan fingerprint density at radius 2 is 1.93 bits per heavy atom. The Morgan fingerprint density at radius 1 is 1.21 bits per heavy atom. The number of carbonyl (C=O) groups excluding carboxylic acids is 1. The van der Waals surface area contributed by atoms with E-state index in [0.29, 0.717) is 5.75 Å². The van der Waals surface area contributed by atoms with Crippen LogP contribution in [0.1, 0.15) is 21.6 Å². The summed E-state index contributed by atoms with van der Waals surface area (Å²) < 4.78 is 7.17. The molecular weight excluding hydrogens is 384 g/mol. The minimum absolute atomic E-state index is 0.131. The summed E-state index contributed by atoms with van der Waals surface area (Å²) >= 11 is 6.00. The molecule has 0 fully saturated rings. The van der Waals surface area contributed by atoms with Gasteiger partial charge < -0.3 is 10.1 Å². The number of hydrogen-bond donors (Lipinski definition) is 1. The highest BCUT2D eigenvalue weighted by atomic mass is 35.5. The average molecular weight is 401 g/mol. The SMILES string of the molecule is Cc1cc(C)cc(OCn2ccc(C(=O)Nc3cc([N+](=O)[O-])ccc3Cl)n2)c1. The fraction of sp³-hybridized carbons (Fsp3) is 0.158. The van der Waals surface area contributed by atoms with Crippen LogP contribution in [0.4, 0.5) is 11.4 Å². The Bertz CT molecular complexity index is 1030. The summed E-state index contributed by atoms with van der Waals surface area (Å²) in [5.41, 5.74) is 2.27. The van der Waals surface area contributed by atoms with Gasteiger partial charge in [-0.25, -0.2) is 4.68 Å². The zero-order chi connectivity index (χ0) is 20.3. The van der Waals surface area contributed by atoms with Crippen LogP contribution in [-0.2, 0) is 6.73 Å². The van der Waals surface area contributed by atoms with Gasteiger partial charge in [-0.15, -0.1) is 0 Å². The molecule has 0 unspecified atom stereocenters. The Labute approximate surface area is 165 Å². The third-order valence-electron chi connectivity index (χ3n) is 3.84. The highest BCUT2D eigenvalue weighted by molar-refractivity contribution is 6.34. The number of nitrogens with zero attached hydrogens (tertiary/aromatic N) is 3. The van der Waals surface area contributed by atoms with Gasteiger partial charge in [0.05, 0.1) is 15.6 Å². The second kappa shape index (κ2) is 8.10. The van der Waals surface area contributed by atoms with Crippen molar-refractivity contribution < 1.29 is 14.5 Å². The van der Waals surface area contributed by atoms with E-state index in [1.54, 1.807) is 6.20 Å². The molecule has 144 valence electrons. The fourth-order valence-corrected chi connectivity index (χ4v) is 2.79. The summed E-state index contributed by atoms with van der Waals surface area (Å²) in [6.45, 7) is 4.10. The Hall–Kier alpha value is -3.39. The van der Waals surface area contributed by atoms with Crippen LogP contribution in [0.2, 0.25) is 5.02 Å². The van der Waals surface area contributed by atoms with Crippen molar-refractivity contribution in [2.24, 2.45) is 0 Å². The second-order valence-corrected chi connectivity index (χ2v) is 6.62. The van der Waals surface area contributed by atoms with Crippen LogP contribution < -0.4 is 10.1 Å². The number of aromatic nitrogens is 2. The fourth-order valence-electron chi connectivity index (χ4n) is 2.62. The molecule has 8 nitrogen and oxygen atoms in total. The van der Waals surface area contributed by atoms with Crippen molar-refractivity contribution in [3.63, 3.8) is 0 Å². The smallest absolute Gasteiger partial charge is 0.276 e. The maximum atomic E-state index is 12.4. The first-order valence-corrected chi connectivity index (χ1v) is 8.69. The predicted octanol–water partition coefficient (Wildman–Crippen LogP) is 4.35. The molecule has 3 aromatic rings. The molecule has 0 aliphatic rings. The van der Waals surface area contributed by atoms with Crippen LogP contribution in [0.15, 0.2) is 48.7 Å². The Kier molecular flexibility index (Phi) is 5.60. The number of nitro groups is 1. The lowest BCUT2D eigenvalue weighted by molar-refractivity contribution is -0.384. The van der Waals surface area contributed by atoms with Crippen LogP contribution in [0.3, 0.4) is 0 Å². The largest absolute Gasteiger partial charge is 0.471 e. The molecule has 0 aliphatic carbocycles. The van der Waals surface area contributed by atoms with E-state index in [2.05, 4.69) is 10.4 Å². The second-order valence-electron chi connectivity index (χ2n) is 6.21. The molecular formula is C19H17ClN4O4. The summed E-state index contributed by atoms with van der Waals surface area (Å²) in [6.07, 6.45) is 1.60. The van der Waals surface area contributed by atoms with Crippen LogP contribution in [-0.4, -0.2) is 20.6 Å². The molecule has 28 heavy (non-hydrogen) atoms. The number of aryl methyl sites for hydroxylation is 2. The van der Waals surface area contributed by atoms with Crippen molar-refractivity contribution >= 4 is 28.9 Å². The van der Waals surface area contributed by atoms with Gasteiger partial charge in [-0.05, 0) is 49.2 Å². The van der Waals surface area contributed by atoms with Crippen LogP contribution in [0.5, 0.6) is 5.75 Å². The first-order chi connectivity index (χ1) is 13.3. The van der Waals surface area contributed by atoms with Gasteiger partial charge in [-0.2, -0.15) is 5.10 Å². The molecule has 9 heteroatoms. The number of nitro benzene ring substituents is 1. The molecule has 1 N–H and O–H groups in total. The number of nitrogens with one attached hydrogen (secondary N) is 1. The highest BCUT2D eigenvalue weighted by Crippen LogP contribution is 2.27. The van der Waals surface area contributed by atoms with Crippen molar-refractivity contribution in [3.05, 3.63) is 80.6 Å². The quantitative estimate of drug-likeness (QED) is 0.489. The normalized spacial score (nSPS) is 10.5. The Morgan fingerprint density at radius 3 is 2.61 bits per heavy atom. The molecule has 2 aromatic carbocycles. The molecule has 1 heterocycles. The molecule has 0 spiro atoms. The van der Waals surface area contributed by atoms with Crippen molar-refractivity contribution in [2.75, 3.05) is 5.32 Å². The number of anilines is 1. The highest BCUT2D eigenvalue weighted by Gasteiger charge is 2.15. The van der Waals surface area contributed by atoms with E-state index in [9.17, 15) is 14.9 Å². The molecule has 0 aliphatic heterocycles. The van der Waals surface area contributed by atoms with Gasteiger partial charge >= 0.3 is 0 Å². The zero-order valence-electron chi connectivity index (χ0n) is 15.2. The molecule has 0 atom stereocenters. The number of halogens is 1. The number of amides is 1. The average Bonchev–Trinajstić information content (AvgIpc) is 3.10. The first kappa shape index (κ1) is 19.4. The van der Waals surface area contributed by atoms with Gasteiger partial charge in [0.25, 0.3) is 11.6 Å². The van der Waals surface area contributed by atoms with Gasteiger partial charge in [0.2, 0.25) is 0 Å². The van der Waals surface area contributed by atoms with Crippen LogP contribution in [0, 0.1) is 24.0 Å². The van der Waals surface area contributed by atoms with Crippen molar-refractivity contribution in [3.8, 4) is 5.75 Å². The number of rotatable bonds is 6. The summed E-state index contributed by atoms with van der Waals surface area (Å²) in [7, 11) is 0. The lowest BCUT2D eigenvalue weighted by Crippen LogP contribution is -2.14. The van der Waals surface area contributed by atoms with Gasteiger partial charge in [-0.1, -0.05) is 17.7 Å².